The van der Waals surface area contributed by atoms with Crippen LogP contribution in [-0.4, -0.2) is 11.3 Å². The van der Waals surface area contributed by atoms with Crippen LogP contribution in [0.2, 0.25) is 0 Å². The smallest absolute Gasteiger partial charge is 0.405 e. The molecule has 1 rings (SSSR count). The maximum Gasteiger partial charge on any atom is 0.573 e. The van der Waals surface area contributed by atoms with Crippen LogP contribution in [0.25, 0.3) is 0 Å². The maximum atomic E-state index is 11.9. The molecule has 8 heteroatoms. The number of nitro groups is 1. The fourth-order valence-corrected chi connectivity index (χ4v) is 1.45. The van der Waals surface area contributed by atoms with E-state index in [9.17, 15) is 23.3 Å². The Morgan fingerprint density at radius 1 is 1.44 bits per heavy atom. The van der Waals surface area contributed by atoms with Crippen molar-refractivity contribution >= 4 is 21.6 Å². The van der Waals surface area contributed by atoms with Crippen LogP contribution < -0.4 is 4.74 Å². The predicted molar refractivity (Wildman–Crippen MR) is 52.4 cm³/mol. The van der Waals surface area contributed by atoms with Gasteiger partial charge in [-0.15, -0.1) is 13.2 Å². The molecule has 0 saturated heterocycles. The number of non-ortho nitro benzene ring substituents is 1. The van der Waals surface area contributed by atoms with E-state index in [0.29, 0.717) is 0 Å². The average Bonchev–Trinajstić information content (AvgIpc) is 2.15. The van der Waals surface area contributed by atoms with E-state index >= 15 is 0 Å². The second-order valence-corrected chi connectivity index (χ2v) is 3.29. The summed E-state index contributed by atoms with van der Waals surface area (Å²) in [6.45, 7) is 0. The fraction of sp³-hybridized carbons (Fsp3) is 0.250. The number of hydrogen-bond acceptors (Lipinski definition) is 3. The van der Waals surface area contributed by atoms with E-state index in [-0.39, 0.29) is 16.6 Å². The molecule has 0 fully saturated rings. The first-order chi connectivity index (χ1) is 7.33. The zero-order chi connectivity index (χ0) is 12.3. The summed E-state index contributed by atoms with van der Waals surface area (Å²) in [7, 11) is 0. The van der Waals surface area contributed by atoms with Crippen molar-refractivity contribution in [3.8, 4) is 5.75 Å². The molecule has 1 aromatic carbocycles. The molecule has 88 valence electrons. The van der Waals surface area contributed by atoms with Gasteiger partial charge in [-0.3, -0.25) is 10.1 Å². The third-order valence-electron chi connectivity index (χ3n) is 1.62. The highest BCUT2D eigenvalue weighted by Crippen LogP contribution is 2.30. The van der Waals surface area contributed by atoms with Gasteiger partial charge in [0, 0.05) is 23.0 Å². The first kappa shape index (κ1) is 12.8. The van der Waals surface area contributed by atoms with E-state index in [1.54, 1.807) is 0 Å². The molecular weight excluding hydrogens is 295 g/mol. The second-order valence-electron chi connectivity index (χ2n) is 2.73. The Morgan fingerprint density at radius 2 is 2.06 bits per heavy atom. The fourth-order valence-electron chi connectivity index (χ4n) is 1.01. The Balaban J connectivity index is 3.07. The van der Waals surface area contributed by atoms with E-state index in [1.165, 1.54) is 0 Å². The van der Waals surface area contributed by atoms with Gasteiger partial charge < -0.3 is 4.74 Å². The summed E-state index contributed by atoms with van der Waals surface area (Å²) < 4.78 is 39.5. The summed E-state index contributed by atoms with van der Waals surface area (Å²) >= 11 is 2.93. The molecule has 0 N–H and O–H groups in total. The van der Waals surface area contributed by atoms with E-state index in [2.05, 4.69) is 20.7 Å². The Bertz CT molecular complexity index is 408. The summed E-state index contributed by atoms with van der Waals surface area (Å²) in [6, 6.07) is 2.89. The van der Waals surface area contributed by atoms with Crippen LogP contribution in [0.15, 0.2) is 18.2 Å². The monoisotopic (exact) mass is 299 g/mol. The van der Waals surface area contributed by atoms with Crippen molar-refractivity contribution in [1.29, 1.82) is 0 Å². The summed E-state index contributed by atoms with van der Waals surface area (Å²) in [5, 5.41) is 10.4. The van der Waals surface area contributed by atoms with Crippen molar-refractivity contribution in [2.24, 2.45) is 0 Å². The van der Waals surface area contributed by atoms with Crippen LogP contribution in [0.3, 0.4) is 0 Å². The molecule has 0 unspecified atom stereocenters. The molecule has 16 heavy (non-hydrogen) atoms. The largest absolute Gasteiger partial charge is 0.573 e. The lowest BCUT2D eigenvalue weighted by Crippen LogP contribution is -2.18. The topological polar surface area (TPSA) is 52.4 Å². The summed E-state index contributed by atoms with van der Waals surface area (Å²) in [6.07, 6.45) is -4.81. The number of rotatable bonds is 3. The summed E-state index contributed by atoms with van der Waals surface area (Å²) in [4.78, 5) is 9.70. The van der Waals surface area contributed by atoms with Crippen molar-refractivity contribution in [1.82, 2.24) is 0 Å². The molecule has 0 aromatic heterocycles. The van der Waals surface area contributed by atoms with Crippen LogP contribution in [0.5, 0.6) is 5.75 Å². The summed E-state index contributed by atoms with van der Waals surface area (Å²) in [5.74, 6) is -0.449. The van der Waals surface area contributed by atoms with Crippen LogP contribution in [0, 0.1) is 10.1 Å². The first-order valence-electron chi connectivity index (χ1n) is 3.92. The molecule has 0 radical (unpaired) electrons. The number of benzene rings is 1. The van der Waals surface area contributed by atoms with Gasteiger partial charge in [0.25, 0.3) is 5.69 Å². The zero-order valence-electron chi connectivity index (χ0n) is 7.62. The number of nitrogens with zero attached hydrogens (tertiary/aromatic N) is 1. The van der Waals surface area contributed by atoms with Crippen LogP contribution in [0.1, 0.15) is 5.56 Å². The third-order valence-corrected chi connectivity index (χ3v) is 2.23. The van der Waals surface area contributed by atoms with Gasteiger partial charge in [-0.25, -0.2) is 0 Å². The molecule has 0 saturated carbocycles. The SMILES string of the molecule is O=[N+]([O-])c1ccc(OC(F)(F)F)c(CBr)c1. The van der Waals surface area contributed by atoms with Gasteiger partial charge in [-0.05, 0) is 6.07 Å². The Kier molecular flexibility index (Phi) is 3.74. The molecule has 0 aliphatic carbocycles. The minimum absolute atomic E-state index is 0.0279. The lowest BCUT2D eigenvalue weighted by molar-refractivity contribution is -0.385. The van der Waals surface area contributed by atoms with Gasteiger partial charge >= 0.3 is 6.36 Å². The van der Waals surface area contributed by atoms with Crippen molar-refractivity contribution in [3.63, 3.8) is 0 Å². The standard InChI is InChI=1S/C8H5BrF3NO3/c9-4-5-3-6(13(14)15)1-2-7(5)16-8(10,11)12/h1-3H,4H2. The Labute approximate surface area is 96.3 Å². The van der Waals surface area contributed by atoms with E-state index in [1.807, 2.05) is 0 Å². The number of halogens is 4. The van der Waals surface area contributed by atoms with E-state index in [0.717, 1.165) is 18.2 Å². The molecule has 0 amide bonds. The minimum atomic E-state index is -4.81. The highest BCUT2D eigenvalue weighted by molar-refractivity contribution is 9.08. The van der Waals surface area contributed by atoms with Gasteiger partial charge in [-0.2, -0.15) is 0 Å². The molecule has 4 nitrogen and oxygen atoms in total. The molecular formula is C8H5BrF3NO3. The second kappa shape index (κ2) is 4.69. The first-order valence-corrected chi connectivity index (χ1v) is 5.04. The molecule has 0 bridgehead atoms. The normalized spacial score (nSPS) is 11.2. The molecule has 1 aromatic rings. The van der Waals surface area contributed by atoms with Gasteiger partial charge in [0.05, 0.1) is 4.92 Å². The van der Waals surface area contributed by atoms with Gasteiger partial charge in [0.2, 0.25) is 0 Å². The molecule has 0 atom stereocenters. The van der Waals surface area contributed by atoms with Crippen LogP contribution in [0.4, 0.5) is 18.9 Å². The Hall–Kier alpha value is -1.31. The number of hydrogen-bond donors (Lipinski definition) is 0. The lowest BCUT2D eigenvalue weighted by atomic mass is 10.2. The summed E-state index contributed by atoms with van der Waals surface area (Å²) in [5.41, 5.74) is -0.226. The van der Waals surface area contributed by atoms with Crippen molar-refractivity contribution in [3.05, 3.63) is 33.9 Å². The predicted octanol–water partition coefficient (Wildman–Crippen LogP) is 3.39. The Morgan fingerprint density at radius 3 is 2.50 bits per heavy atom. The minimum Gasteiger partial charge on any atom is -0.405 e. The van der Waals surface area contributed by atoms with E-state index in [4.69, 9.17) is 0 Å². The van der Waals surface area contributed by atoms with Crippen molar-refractivity contribution < 1.29 is 22.8 Å². The maximum absolute atomic E-state index is 11.9. The number of ether oxygens (including phenoxy) is 1. The van der Waals surface area contributed by atoms with E-state index < -0.39 is 17.0 Å². The van der Waals surface area contributed by atoms with Crippen molar-refractivity contribution in [2.45, 2.75) is 11.7 Å². The zero-order valence-corrected chi connectivity index (χ0v) is 9.21. The van der Waals surface area contributed by atoms with Gasteiger partial charge in [0.15, 0.2) is 0 Å². The van der Waals surface area contributed by atoms with Gasteiger partial charge in [0.1, 0.15) is 5.75 Å². The lowest BCUT2D eigenvalue weighted by Gasteiger charge is -2.11. The van der Waals surface area contributed by atoms with Crippen LogP contribution in [-0.2, 0) is 5.33 Å². The average molecular weight is 300 g/mol. The molecule has 0 heterocycles. The number of nitro benzene ring substituents is 1. The molecule has 0 aliphatic rings. The highest BCUT2D eigenvalue weighted by atomic mass is 79.9. The molecule has 0 aliphatic heterocycles. The van der Waals surface area contributed by atoms with Crippen molar-refractivity contribution in [2.75, 3.05) is 0 Å². The highest BCUT2D eigenvalue weighted by Gasteiger charge is 2.32. The molecule has 0 spiro atoms. The third kappa shape index (κ3) is 3.37. The van der Waals surface area contributed by atoms with Gasteiger partial charge in [-0.1, -0.05) is 15.9 Å². The quantitative estimate of drug-likeness (QED) is 0.488. The van der Waals surface area contributed by atoms with Crippen LogP contribution >= 0.6 is 15.9 Å². The number of alkyl halides is 4.